The van der Waals surface area contributed by atoms with Crippen molar-refractivity contribution in [1.82, 2.24) is 5.32 Å². The Balaban J connectivity index is 1.97. The summed E-state index contributed by atoms with van der Waals surface area (Å²) in [4.78, 5) is 12.3. The van der Waals surface area contributed by atoms with Gasteiger partial charge in [-0.1, -0.05) is 17.7 Å². The number of aryl methyl sites for hydroxylation is 2. The Kier molecular flexibility index (Phi) is 6.75. The molecule has 2 aromatic carbocycles. The van der Waals surface area contributed by atoms with Crippen molar-refractivity contribution in [3.8, 4) is 17.2 Å². The summed E-state index contributed by atoms with van der Waals surface area (Å²) in [6.45, 7) is 5.89. The Labute approximate surface area is 159 Å². The summed E-state index contributed by atoms with van der Waals surface area (Å²) >= 11 is 6.16. The number of methoxy groups -OCH3 is 2. The smallest absolute Gasteiger partial charge is 0.261 e. The van der Waals surface area contributed by atoms with Crippen LogP contribution in [0.1, 0.15) is 23.6 Å². The first kappa shape index (κ1) is 19.9. The highest BCUT2D eigenvalue weighted by atomic mass is 35.5. The van der Waals surface area contributed by atoms with Crippen LogP contribution in [0.4, 0.5) is 0 Å². The van der Waals surface area contributed by atoms with Crippen molar-refractivity contribution in [2.75, 3.05) is 14.2 Å². The topological polar surface area (TPSA) is 56.8 Å². The van der Waals surface area contributed by atoms with Crippen LogP contribution in [0.3, 0.4) is 0 Å². The zero-order valence-electron chi connectivity index (χ0n) is 15.7. The third-order valence-corrected chi connectivity index (χ3v) is 4.60. The van der Waals surface area contributed by atoms with E-state index in [0.717, 1.165) is 16.7 Å². The van der Waals surface area contributed by atoms with Crippen LogP contribution in [0.15, 0.2) is 30.3 Å². The van der Waals surface area contributed by atoms with E-state index in [0.29, 0.717) is 28.8 Å². The van der Waals surface area contributed by atoms with Crippen LogP contribution in [0.5, 0.6) is 17.2 Å². The molecule has 140 valence electrons. The zero-order valence-corrected chi connectivity index (χ0v) is 16.4. The Bertz CT molecular complexity index is 768. The molecule has 26 heavy (non-hydrogen) atoms. The van der Waals surface area contributed by atoms with Crippen molar-refractivity contribution in [1.29, 1.82) is 0 Å². The van der Waals surface area contributed by atoms with Gasteiger partial charge in [-0.25, -0.2) is 0 Å². The quantitative estimate of drug-likeness (QED) is 0.790. The largest absolute Gasteiger partial charge is 0.493 e. The third-order valence-electron chi connectivity index (χ3n) is 4.01. The van der Waals surface area contributed by atoms with Crippen molar-refractivity contribution in [2.45, 2.75) is 33.4 Å². The SMILES string of the molecule is COc1ccc(CNC(=O)[C@H](C)Oc2cc(C)c(Cl)c(C)c2)cc1OC. The Hall–Kier alpha value is -2.40. The minimum Gasteiger partial charge on any atom is -0.493 e. The molecule has 5 nitrogen and oxygen atoms in total. The molecule has 0 unspecified atom stereocenters. The maximum absolute atomic E-state index is 12.3. The minimum absolute atomic E-state index is 0.204. The van der Waals surface area contributed by atoms with Gasteiger partial charge in [0.15, 0.2) is 17.6 Å². The van der Waals surface area contributed by atoms with Gasteiger partial charge in [-0.2, -0.15) is 0 Å². The zero-order chi connectivity index (χ0) is 19.3. The fraction of sp³-hybridized carbons (Fsp3) is 0.350. The van der Waals surface area contributed by atoms with Crippen molar-refractivity contribution in [3.63, 3.8) is 0 Å². The van der Waals surface area contributed by atoms with E-state index in [1.807, 2.05) is 38.1 Å². The minimum atomic E-state index is -0.630. The number of carbonyl (C=O) groups excluding carboxylic acids is 1. The van der Waals surface area contributed by atoms with E-state index < -0.39 is 6.10 Å². The molecular weight excluding hydrogens is 354 g/mol. The van der Waals surface area contributed by atoms with Crippen molar-refractivity contribution >= 4 is 17.5 Å². The normalized spacial score (nSPS) is 11.6. The Morgan fingerprint density at radius 2 is 1.69 bits per heavy atom. The number of halogens is 1. The summed E-state index contributed by atoms with van der Waals surface area (Å²) in [5, 5.41) is 3.57. The second-order valence-corrected chi connectivity index (χ2v) is 6.42. The van der Waals surface area contributed by atoms with Crippen molar-refractivity contribution < 1.29 is 19.0 Å². The molecular formula is C20H24ClNO4. The first-order valence-corrected chi connectivity index (χ1v) is 8.65. The fourth-order valence-corrected chi connectivity index (χ4v) is 2.66. The van der Waals surface area contributed by atoms with Crippen molar-refractivity contribution in [2.24, 2.45) is 0 Å². The van der Waals surface area contributed by atoms with Crippen LogP contribution in [0.2, 0.25) is 5.02 Å². The summed E-state index contributed by atoms with van der Waals surface area (Å²) in [5.41, 5.74) is 2.74. The van der Waals surface area contributed by atoms with Gasteiger partial charge in [0.05, 0.1) is 14.2 Å². The molecule has 1 amide bonds. The summed E-state index contributed by atoms with van der Waals surface area (Å²) in [6.07, 6.45) is -0.630. The molecule has 1 N–H and O–H groups in total. The maximum atomic E-state index is 12.3. The van der Waals surface area contributed by atoms with Crippen LogP contribution >= 0.6 is 11.6 Å². The van der Waals surface area contributed by atoms with Gasteiger partial charge in [0.2, 0.25) is 0 Å². The number of hydrogen-bond donors (Lipinski definition) is 1. The van der Waals surface area contributed by atoms with Gasteiger partial charge in [-0.15, -0.1) is 0 Å². The number of carbonyl (C=O) groups is 1. The first-order chi connectivity index (χ1) is 12.3. The van der Waals surface area contributed by atoms with Gasteiger partial charge in [-0.05, 0) is 61.7 Å². The number of amides is 1. The van der Waals surface area contributed by atoms with E-state index >= 15 is 0 Å². The highest BCUT2D eigenvalue weighted by Crippen LogP contribution is 2.28. The molecule has 0 fully saturated rings. The molecule has 0 heterocycles. The van der Waals surface area contributed by atoms with Crippen LogP contribution < -0.4 is 19.5 Å². The molecule has 2 rings (SSSR count). The number of benzene rings is 2. The van der Waals surface area contributed by atoms with E-state index in [1.165, 1.54) is 0 Å². The average Bonchev–Trinajstić information content (AvgIpc) is 2.63. The Morgan fingerprint density at radius 1 is 1.08 bits per heavy atom. The standard InChI is InChI=1S/C20H24ClNO4/c1-12-8-16(9-13(2)19(12)21)26-14(3)20(23)22-11-15-6-7-17(24-4)18(10-15)25-5/h6-10,14H,11H2,1-5H3,(H,22,23)/t14-/m0/s1. The predicted octanol–water partition coefficient (Wildman–Crippen LogP) is 4.06. The number of nitrogens with one attached hydrogen (secondary N) is 1. The Morgan fingerprint density at radius 3 is 2.27 bits per heavy atom. The lowest BCUT2D eigenvalue weighted by molar-refractivity contribution is -0.127. The van der Waals surface area contributed by atoms with E-state index in [2.05, 4.69) is 5.32 Å². The molecule has 0 aliphatic rings. The van der Waals surface area contributed by atoms with E-state index in [-0.39, 0.29) is 5.91 Å². The lowest BCUT2D eigenvalue weighted by Crippen LogP contribution is -2.35. The van der Waals surface area contributed by atoms with Crippen LogP contribution in [0, 0.1) is 13.8 Å². The van der Waals surface area contributed by atoms with Gasteiger partial charge in [0.25, 0.3) is 5.91 Å². The van der Waals surface area contributed by atoms with Crippen molar-refractivity contribution in [3.05, 3.63) is 52.0 Å². The highest BCUT2D eigenvalue weighted by molar-refractivity contribution is 6.32. The first-order valence-electron chi connectivity index (χ1n) is 8.27. The van der Waals surface area contributed by atoms with Gasteiger partial charge in [-0.3, -0.25) is 4.79 Å². The molecule has 0 spiro atoms. The second-order valence-electron chi connectivity index (χ2n) is 6.04. The van der Waals surface area contributed by atoms with E-state index in [4.69, 9.17) is 25.8 Å². The third kappa shape index (κ3) is 4.82. The number of ether oxygens (including phenoxy) is 3. The summed E-state index contributed by atoms with van der Waals surface area (Å²) in [6, 6.07) is 9.16. The average molecular weight is 378 g/mol. The van der Waals surface area contributed by atoms with Crippen LogP contribution in [0.25, 0.3) is 0 Å². The molecule has 0 aliphatic heterocycles. The lowest BCUT2D eigenvalue weighted by Gasteiger charge is -2.16. The second kappa shape index (κ2) is 8.81. The molecule has 6 heteroatoms. The molecule has 0 saturated heterocycles. The summed E-state index contributed by atoms with van der Waals surface area (Å²) in [5.74, 6) is 1.69. The molecule has 0 aromatic heterocycles. The van der Waals surface area contributed by atoms with Gasteiger partial charge in [0, 0.05) is 11.6 Å². The lowest BCUT2D eigenvalue weighted by atomic mass is 10.1. The molecule has 0 saturated carbocycles. The summed E-state index contributed by atoms with van der Waals surface area (Å²) < 4.78 is 16.2. The summed E-state index contributed by atoms with van der Waals surface area (Å²) in [7, 11) is 3.16. The molecule has 0 bridgehead atoms. The number of rotatable bonds is 7. The van der Waals surface area contributed by atoms with E-state index in [9.17, 15) is 4.79 Å². The van der Waals surface area contributed by atoms with Crippen LogP contribution in [-0.2, 0) is 11.3 Å². The maximum Gasteiger partial charge on any atom is 0.261 e. The van der Waals surface area contributed by atoms with Crippen LogP contribution in [-0.4, -0.2) is 26.2 Å². The monoisotopic (exact) mass is 377 g/mol. The van der Waals surface area contributed by atoms with E-state index in [1.54, 1.807) is 27.2 Å². The molecule has 0 aliphatic carbocycles. The van der Waals surface area contributed by atoms with Gasteiger partial charge < -0.3 is 19.5 Å². The predicted molar refractivity (Wildman–Crippen MR) is 102 cm³/mol. The van der Waals surface area contributed by atoms with Gasteiger partial charge in [0.1, 0.15) is 5.75 Å². The highest BCUT2D eigenvalue weighted by Gasteiger charge is 2.16. The molecule has 0 radical (unpaired) electrons. The molecule has 1 atom stereocenters. The number of hydrogen-bond acceptors (Lipinski definition) is 4. The molecule has 2 aromatic rings. The fourth-order valence-electron chi connectivity index (χ4n) is 2.56. The van der Waals surface area contributed by atoms with Gasteiger partial charge >= 0.3 is 0 Å².